The number of aromatic nitrogens is 3. The molecule has 1 amide bonds. The molecule has 2 aromatic heterocycles. The Balaban J connectivity index is 0.00000272. The van der Waals surface area contributed by atoms with Crippen molar-refractivity contribution >= 4 is 45.0 Å². The maximum Gasteiger partial charge on any atom is 0.260 e. The lowest BCUT2D eigenvalue weighted by atomic mass is 10.1. The Morgan fingerprint density at radius 1 is 1.23 bits per heavy atom. The van der Waals surface area contributed by atoms with E-state index < -0.39 is 0 Å². The van der Waals surface area contributed by atoms with Crippen molar-refractivity contribution in [3.63, 3.8) is 0 Å². The number of amides is 1. The van der Waals surface area contributed by atoms with Crippen molar-refractivity contribution in [1.29, 1.82) is 5.26 Å². The van der Waals surface area contributed by atoms with E-state index >= 15 is 0 Å². The molecule has 0 aliphatic carbocycles. The third kappa shape index (κ3) is 4.93. The minimum Gasteiger partial charge on any atom is -0.337 e. The number of benzene rings is 2. The molecule has 0 atom stereocenters. The molecule has 0 aliphatic rings. The second-order valence-corrected chi connectivity index (χ2v) is 7.92. The van der Waals surface area contributed by atoms with Gasteiger partial charge in [0.05, 0.1) is 28.2 Å². The molecule has 0 saturated heterocycles. The number of thiazole rings is 1. The Hall–Kier alpha value is -3.21. The molecule has 0 bridgehead atoms. The Kier molecular flexibility index (Phi) is 7.40. The van der Waals surface area contributed by atoms with Gasteiger partial charge in [-0.25, -0.2) is 9.97 Å². The summed E-state index contributed by atoms with van der Waals surface area (Å²) in [6, 6.07) is 15.0. The monoisotopic (exact) mass is 451 g/mol. The normalized spacial score (nSPS) is 10.5. The number of carbonyl (C=O) groups is 1. The van der Waals surface area contributed by atoms with Crippen molar-refractivity contribution in [3.8, 4) is 6.07 Å². The van der Waals surface area contributed by atoms with Crippen LogP contribution in [0.1, 0.15) is 34.8 Å². The highest BCUT2D eigenvalue weighted by Gasteiger charge is 2.21. The number of fused-ring (bicyclic) bond motifs is 1. The molecule has 2 heterocycles. The Bertz CT molecular complexity index is 1200. The highest BCUT2D eigenvalue weighted by molar-refractivity contribution is 7.22. The van der Waals surface area contributed by atoms with Crippen LogP contribution < -0.4 is 4.90 Å². The van der Waals surface area contributed by atoms with E-state index in [1.54, 1.807) is 41.7 Å². The van der Waals surface area contributed by atoms with E-state index in [4.69, 9.17) is 10.2 Å². The molecule has 31 heavy (non-hydrogen) atoms. The van der Waals surface area contributed by atoms with Gasteiger partial charge in [0.2, 0.25) is 0 Å². The van der Waals surface area contributed by atoms with E-state index in [1.165, 1.54) is 16.9 Å². The highest BCUT2D eigenvalue weighted by Crippen LogP contribution is 2.32. The van der Waals surface area contributed by atoms with Crippen molar-refractivity contribution < 1.29 is 4.79 Å². The highest BCUT2D eigenvalue weighted by atomic mass is 35.5. The van der Waals surface area contributed by atoms with Crippen molar-refractivity contribution in [2.45, 2.75) is 26.3 Å². The third-order valence-electron chi connectivity index (χ3n) is 4.97. The van der Waals surface area contributed by atoms with Gasteiger partial charge in [0, 0.05) is 31.0 Å². The first-order valence-electron chi connectivity index (χ1n) is 9.86. The quantitative estimate of drug-likeness (QED) is 0.392. The van der Waals surface area contributed by atoms with Crippen molar-refractivity contribution in [3.05, 3.63) is 77.9 Å². The molecule has 0 radical (unpaired) electrons. The predicted octanol–water partition coefficient (Wildman–Crippen LogP) is 5.09. The molecule has 0 N–H and O–H groups in total. The number of para-hydroxylation sites is 1. The molecular weight excluding hydrogens is 430 g/mol. The molecule has 158 valence electrons. The van der Waals surface area contributed by atoms with E-state index in [1.807, 2.05) is 22.9 Å². The first-order chi connectivity index (χ1) is 14.7. The Morgan fingerprint density at radius 3 is 2.71 bits per heavy atom. The van der Waals surface area contributed by atoms with Crippen LogP contribution >= 0.6 is 23.7 Å². The molecule has 2 aromatic carbocycles. The molecule has 0 aliphatic heterocycles. The Morgan fingerprint density at radius 2 is 2.03 bits per heavy atom. The smallest absolute Gasteiger partial charge is 0.260 e. The average molecular weight is 452 g/mol. The number of rotatable bonds is 7. The summed E-state index contributed by atoms with van der Waals surface area (Å²) in [5, 5.41) is 9.73. The fourth-order valence-corrected chi connectivity index (χ4v) is 4.39. The molecule has 6 nitrogen and oxygen atoms in total. The number of nitriles is 1. The topological polar surface area (TPSA) is 74.8 Å². The molecule has 0 unspecified atom stereocenters. The van der Waals surface area contributed by atoms with Gasteiger partial charge in [-0.1, -0.05) is 30.4 Å². The zero-order valence-electron chi connectivity index (χ0n) is 17.1. The van der Waals surface area contributed by atoms with Crippen LogP contribution in [0.5, 0.6) is 0 Å². The van der Waals surface area contributed by atoms with Crippen LogP contribution in [0.2, 0.25) is 0 Å². The van der Waals surface area contributed by atoms with Gasteiger partial charge in [0.1, 0.15) is 0 Å². The van der Waals surface area contributed by atoms with Crippen LogP contribution in [0.15, 0.2) is 61.2 Å². The van der Waals surface area contributed by atoms with Gasteiger partial charge in [-0.3, -0.25) is 9.69 Å². The van der Waals surface area contributed by atoms with Gasteiger partial charge in [0.25, 0.3) is 5.91 Å². The number of hydrogen-bond donors (Lipinski definition) is 0. The summed E-state index contributed by atoms with van der Waals surface area (Å²) < 4.78 is 3.08. The van der Waals surface area contributed by atoms with Crippen LogP contribution in [0.4, 0.5) is 5.13 Å². The fraction of sp³-hybridized carbons (Fsp3) is 0.217. The summed E-state index contributed by atoms with van der Waals surface area (Å²) in [5.74, 6) is -0.109. The minimum atomic E-state index is -0.109. The lowest BCUT2D eigenvalue weighted by Crippen LogP contribution is -2.32. The SMILES string of the molecule is CCc1cccc2sc(N(CCCn3ccnc3)C(=O)c3ccc(C#N)cc3)nc12.Cl. The average Bonchev–Trinajstić information content (AvgIpc) is 3.46. The predicted molar refractivity (Wildman–Crippen MR) is 126 cm³/mol. The van der Waals surface area contributed by atoms with Gasteiger partial charge < -0.3 is 4.57 Å². The second kappa shape index (κ2) is 10.2. The van der Waals surface area contributed by atoms with Crippen LogP contribution in [0, 0.1) is 11.3 Å². The summed E-state index contributed by atoms with van der Waals surface area (Å²) in [6.07, 6.45) is 7.11. The van der Waals surface area contributed by atoms with E-state index in [-0.39, 0.29) is 18.3 Å². The van der Waals surface area contributed by atoms with Crippen molar-refractivity contribution in [2.75, 3.05) is 11.4 Å². The molecule has 0 fully saturated rings. The number of nitrogens with zero attached hydrogens (tertiary/aromatic N) is 5. The first kappa shape index (κ1) is 22.5. The van der Waals surface area contributed by atoms with Gasteiger partial charge in [0.15, 0.2) is 5.13 Å². The summed E-state index contributed by atoms with van der Waals surface area (Å²) >= 11 is 1.54. The molecule has 8 heteroatoms. The zero-order chi connectivity index (χ0) is 20.9. The van der Waals surface area contributed by atoms with Crippen molar-refractivity contribution in [2.24, 2.45) is 0 Å². The summed E-state index contributed by atoms with van der Waals surface area (Å²) in [5.41, 5.74) is 3.23. The van der Waals surface area contributed by atoms with Gasteiger partial charge in [-0.15, -0.1) is 12.4 Å². The molecule has 0 spiro atoms. The molecule has 4 rings (SSSR count). The van der Waals surface area contributed by atoms with Gasteiger partial charge in [-0.05, 0) is 48.7 Å². The lowest BCUT2D eigenvalue weighted by molar-refractivity contribution is 0.0986. The Labute approximate surface area is 191 Å². The van der Waals surface area contributed by atoms with Crippen LogP contribution in [0.3, 0.4) is 0 Å². The van der Waals surface area contributed by atoms with E-state index in [0.29, 0.717) is 22.8 Å². The van der Waals surface area contributed by atoms with Crippen LogP contribution in [-0.4, -0.2) is 27.0 Å². The maximum atomic E-state index is 13.4. The number of carbonyl (C=O) groups excluding carboxylic acids is 1. The third-order valence-corrected chi connectivity index (χ3v) is 6.01. The van der Waals surface area contributed by atoms with E-state index in [2.05, 4.69) is 24.0 Å². The first-order valence-corrected chi connectivity index (χ1v) is 10.7. The van der Waals surface area contributed by atoms with Crippen molar-refractivity contribution in [1.82, 2.24) is 14.5 Å². The number of aryl methyl sites for hydroxylation is 2. The zero-order valence-corrected chi connectivity index (χ0v) is 18.7. The summed E-state index contributed by atoms with van der Waals surface area (Å²) in [4.78, 5) is 24.0. The van der Waals surface area contributed by atoms with E-state index in [9.17, 15) is 4.79 Å². The van der Waals surface area contributed by atoms with Gasteiger partial charge in [-0.2, -0.15) is 5.26 Å². The summed E-state index contributed by atoms with van der Waals surface area (Å²) in [7, 11) is 0. The maximum absolute atomic E-state index is 13.4. The van der Waals surface area contributed by atoms with Crippen LogP contribution in [0.25, 0.3) is 10.2 Å². The molecule has 0 saturated carbocycles. The number of anilines is 1. The number of imidazole rings is 1. The largest absolute Gasteiger partial charge is 0.337 e. The summed E-state index contributed by atoms with van der Waals surface area (Å²) in [6.45, 7) is 3.42. The molecule has 4 aromatic rings. The number of hydrogen-bond acceptors (Lipinski definition) is 5. The number of halogens is 1. The molecular formula is C23H22ClN5OS. The minimum absolute atomic E-state index is 0. The standard InChI is InChI=1S/C23H21N5OS.ClH/c1-2-18-5-3-6-20-21(18)26-23(30-20)28(13-4-12-27-14-11-25-16-27)22(29)19-9-7-17(15-24)8-10-19;/h3,5-11,14,16H,2,4,12-13H2,1H3;1H. The second-order valence-electron chi connectivity index (χ2n) is 6.91. The fourth-order valence-electron chi connectivity index (χ4n) is 3.35. The van der Waals surface area contributed by atoms with E-state index in [0.717, 1.165) is 29.6 Å². The van der Waals surface area contributed by atoms with Gasteiger partial charge >= 0.3 is 0 Å². The lowest BCUT2D eigenvalue weighted by Gasteiger charge is -2.20. The van der Waals surface area contributed by atoms with Crippen LogP contribution in [-0.2, 0) is 13.0 Å².